The Morgan fingerprint density at radius 3 is 2.38 bits per heavy atom. The van der Waals surface area contributed by atoms with Gasteiger partial charge in [-0.25, -0.2) is 9.59 Å². The number of nitrogens with one attached hydrogen (secondary N) is 1. The van der Waals surface area contributed by atoms with E-state index in [1.807, 2.05) is 0 Å². The van der Waals surface area contributed by atoms with E-state index < -0.39 is 24.0 Å². The molecule has 0 aliphatic carbocycles. The first-order valence-corrected chi connectivity index (χ1v) is 4.41. The first kappa shape index (κ1) is 16.9. The van der Waals surface area contributed by atoms with Crippen LogP contribution in [0.25, 0.3) is 0 Å². The molecule has 0 rings (SSSR count). The molecule has 0 aromatic rings. The van der Waals surface area contributed by atoms with E-state index in [0.717, 1.165) is 0 Å². The number of carboxylic acid groups (broad SMARTS) is 1. The average Bonchev–Trinajstić information content (AvgIpc) is 2.11. The molecule has 0 fully saturated rings. The first-order valence-electron chi connectivity index (χ1n) is 4.41. The van der Waals surface area contributed by atoms with Crippen LogP contribution < -0.4 is 11.1 Å². The highest BCUT2D eigenvalue weighted by Crippen LogP contribution is 1.97. The molecule has 0 unspecified atom stereocenters. The number of rotatable bonds is 6. The van der Waals surface area contributed by atoms with E-state index >= 15 is 0 Å². The number of hydrogen-bond donors (Lipinski definition) is 3. The number of carboxylic acids is 1. The lowest BCUT2D eigenvalue weighted by molar-refractivity contribution is -0.139. The molecule has 0 aromatic carbocycles. The van der Waals surface area contributed by atoms with Crippen LogP contribution in [0.3, 0.4) is 0 Å². The topological polar surface area (TPSA) is 119 Å². The molecule has 4 N–H and O–H groups in total. The van der Waals surface area contributed by atoms with Gasteiger partial charge in [0.05, 0.1) is 6.61 Å². The van der Waals surface area contributed by atoms with Gasteiger partial charge in [-0.3, -0.25) is 4.79 Å². The van der Waals surface area contributed by atoms with Gasteiger partial charge in [-0.1, -0.05) is 0 Å². The largest absolute Gasteiger partial charge is 0.480 e. The first-order chi connectivity index (χ1) is 6.97. The van der Waals surface area contributed by atoms with Crippen molar-refractivity contribution < 1.29 is 24.2 Å². The fourth-order valence-corrected chi connectivity index (χ4v) is 0.859. The maximum Gasteiger partial charge on any atom is 0.407 e. The number of ether oxygens (including phenoxy) is 1. The molecule has 0 saturated heterocycles. The van der Waals surface area contributed by atoms with Crippen LogP contribution in [-0.4, -0.2) is 35.7 Å². The summed E-state index contributed by atoms with van der Waals surface area (Å²) in [5.41, 5.74) is 4.85. The van der Waals surface area contributed by atoms with Gasteiger partial charge in [-0.15, -0.1) is 12.4 Å². The number of aliphatic carboxylic acids is 1. The highest BCUT2D eigenvalue weighted by atomic mass is 35.5. The second kappa shape index (κ2) is 8.78. The third kappa shape index (κ3) is 7.86. The molecule has 16 heavy (non-hydrogen) atoms. The maximum absolute atomic E-state index is 10.9. The number of amides is 2. The molecule has 94 valence electrons. The van der Waals surface area contributed by atoms with E-state index in [9.17, 15) is 14.4 Å². The standard InChI is InChI=1S/C8H14N2O5.ClH/c1-2-15-8(14)10-5(7(12)13)3-4-6(9)11;/h5H,2-4H2,1H3,(H2,9,11)(H,10,14)(H,12,13);1H/t5-;/m0./s1. The lowest BCUT2D eigenvalue weighted by atomic mass is 10.1. The third-order valence-corrected chi connectivity index (χ3v) is 1.55. The second-order valence-corrected chi connectivity index (χ2v) is 2.76. The van der Waals surface area contributed by atoms with Gasteiger partial charge in [-0.05, 0) is 13.3 Å². The Balaban J connectivity index is 0. The zero-order valence-corrected chi connectivity index (χ0v) is 9.58. The number of hydrogen-bond acceptors (Lipinski definition) is 4. The van der Waals surface area contributed by atoms with Crippen molar-refractivity contribution in [3.8, 4) is 0 Å². The molecule has 2 amide bonds. The molecule has 0 aliphatic heterocycles. The molecule has 0 radical (unpaired) electrons. The van der Waals surface area contributed by atoms with E-state index in [1.54, 1.807) is 6.92 Å². The number of primary amides is 1. The van der Waals surface area contributed by atoms with Crippen LogP contribution in [0.1, 0.15) is 19.8 Å². The van der Waals surface area contributed by atoms with Crippen molar-refractivity contribution in [1.29, 1.82) is 0 Å². The molecular formula is C8H15ClN2O5. The van der Waals surface area contributed by atoms with Gasteiger partial charge in [0.1, 0.15) is 6.04 Å². The van der Waals surface area contributed by atoms with Gasteiger partial charge in [0, 0.05) is 6.42 Å². The summed E-state index contributed by atoms with van der Waals surface area (Å²) >= 11 is 0. The molecule has 0 saturated carbocycles. The second-order valence-electron chi connectivity index (χ2n) is 2.76. The van der Waals surface area contributed by atoms with E-state index in [1.165, 1.54) is 0 Å². The van der Waals surface area contributed by atoms with Crippen molar-refractivity contribution >= 4 is 30.4 Å². The molecule has 0 spiro atoms. The highest BCUT2D eigenvalue weighted by molar-refractivity contribution is 5.85. The summed E-state index contributed by atoms with van der Waals surface area (Å²) in [5.74, 6) is -1.85. The molecule has 0 heterocycles. The molecule has 7 nitrogen and oxygen atoms in total. The summed E-state index contributed by atoms with van der Waals surface area (Å²) in [5, 5.41) is 10.8. The van der Waals surface area contributed by atoms with Gasteiger partial charge >= 0.3 is 12.1 Å². The van der Waals surface area contributed by atoms with Gasteiger partial charge < -0.3 is 20.9 Å². The van der Waals surface area contributed by atoms with Crippen molar-refractivity contribution in [3.05, 3.63) is 0 Å². The van der Waals surface area contributed by atoms with Crippen molar-refractivity contribution in [1.82, 2.24) is 5.32 Å². The van der Waals surface area contributed by atoms with Crippen molar-refractivity contribution in [2.24, 2.45) is 5.73 Å². The smallest absolute Gasteiger partial charge is 0.407 e. The minimum absolute atomic E-state index is 0. The van der Waals surface area contributed by atoms with Gasteiger partial charge in [0.2, 0.25) is 5.91 Å². The van der Waals surface area contributed by atoms with Crippen molar-refractivity contribution in [2.75, 3.05) is 6.61 Å². The normalized spacial score (nSPS) is 10.8. The Bertz CT molecular complexity index is 259. The van der Waals surface area contributed by atoms with Crippen LogP contribution in [-0.2, 0) is 14.3 Å². The summed E-state index contributed by atoms with van der Waals surface area (Å²) in [4.78, 5) is 31.9. The van der Waals surface area contributed by atoms with Crippen LogP contribution in [0.4, 0.5) is 4.79 Å². The van der Waals surface area contributed by atoms with Crippen LogP contribution in [0.2, 0.25) is 0 Å². The van der Waals surface area contributed by atoms with Crippen molar-refractivity contribution in [3.63, 3.8) is 0 Å². The average molecular weight is 255 g/mol. The number of halogens is 1. The number of carbonyl (C=O) groups excluding carboxylic acids is 2. The number of alkyl carbamates (subject to hydrolysis) is 1. The predicted octanol–water partition coefficient (Wildman–Crippen LogP) is -0.127. The Labute approximate surface area is 98.7 Å². The van der Waals surface area contributed by atoms with Gasteiger partial charge in [0.15, 0.2) is 0 Å². The summed E-state index contributed by atoms with van der Waals surface area (Å²) in [6.45, 7) is 1.74. The minimum atomic E-state index is -1.23. The van der Waals surface area contributed by atoms with Crippen LogP contribution >= 0.6 is 12.4 Å². The van der Waals surface area contributed by atoms with E-state index in [0.29, 0.717) is 0 Å². The number of nitrogens with two attached hydrogens (primary N) is 1. The maximum atomic E-state index is 10.9. The highest BCUT2D eigenvalue weighted by Gasteiger charge is 2.20. The van der Waals surface area contributed by atoms with Crippen molar-refractivity contribution in [2.45, 2.75) is 25.8 Å². The Hall–Kier alpha value is -1.50. The summed E-state index contributed by atoms with van der Waals surface area (Å²) in [6, 6.07) is -1.16. The molecule has 8 heteroatoms. The number of carbonyl (C=O) groups is 3. The minimum Gasteiger partial charge on any atom is -0.480 e. The Morgan fingerprint density at radius 2 is 2.00 bits per heavy atom. The van der Waals surface area contributed by atoms with Gasteiger partial charge in [-0.2, -0.15) is 0 Å². The molecule has 0 aliphatic rings. The summed E-state index contributed by atoms with van der Waals surface area (Å²) in [7, 11) is 0. The monoisotopic (exact) mass is 254 g/mol. The van der Waals surface area contributed by atoms with Crippen LogP contribution in [0.15, 0.2) is 0 Å². The summed E-state index contributed by atoms with van der Waals surface area (Å²) in [6.07, 6.45) is -0.985. The molecule has 1 atom stereocenters. The van der Waals surface area contributed by atoms with Crippen LogP contribution in [0, 0.1) is 0 Å². The molecule has 0 aromatic heterocycles. The quantitative estimate of drug-likeness (QED) is 0.610. The lowest BCUT2D eigenvalue weighted by Crippen LogP contribution is -2.41. The SMILES string of the molecule is CCOC(=O)N[C@@H](CCC(N)=O)C(=O)O.Cl. The van der Waals surface area contributed by atoms with E-state index in [4.69, 9.17) is 10.8 Å². The third-order valence-electron chi connectivity index (χ3n) is 1.55. The fraction of sp³-hybridized carbons (Fsp3) is 0.625. The Kier molecular flexibility index (Phi) is 9.28. The van der Waals surface area contributed by atoms with E-state index in [-0.39, 0.29) is 31.9 Å². The summed E-state index contributed by atoms with van der Waals surface area (Å²) < 4.78 is 4.50. The predicted molar refractivity (Wildman–Crippen MR) is 57.3 cm³/mol. The van der Waals surface area contributed by atoms with E-state index in [2.05, 4.69) is 10.1 Å². The fourth-order valence-electron chi connectivity index (χ4n) is 0.859. The molecular weight excluding hydrogens is 240 g/mol. The molecule has 0 bridgehead atoms. The zero-order chi connectivity index (χ0) is 11.8. The zero-order valence-electron chi connectivity index (χ0n) is 8.76. The Morgan fingerprint density at radius 1 is 1.44 bits per heavy atom. The van der Waals surface area contributed by atoms with Crippen LogP contribution in [0.5, 0.6) is 0 Å². The van der Waals surface area contributed by atoms with Gasteiger partial charge in [0.25, 0.3) is 0 Å². The lowest BCUT2D eigenvalue weighted by Gasteiger charge is -2.12.